The average molecular weight is 277 g/mol. The molecule has 0 unspecified atom stereocenters. The van der Waals surface area contributed by atoms with Crippen molar-refractivity contribution in [2.75, 3.05) is 26.7 Å². The smallest absolute Gasteiger partial charge is 0.401 e. The molecule has 0 radical (unpaired) electrons. The number of benzene rings is 1. The van der Waals surface area contributed by atoms with Gasteiger partial charge in [0.2, 0.25) is 0 Å². The number of hydrogen-bond acceptors (Lipinski definition) is 3. The largest absolute Gasteiger partial charge is 0.492 e. The van der Waals surface area contributed by atoms with Gasteiger partial charge in [-0.1, -0.05) is 0 Å². The second-order valence-corrected chi connectivity index (χ2v) is 4.03. The van der Waals surface area contributed by atoms with Crippen molar-refractivity contribution in [1.82, 2.24) is 4.90 Å². The van der Waals surface area contributed by atoms with E-state index >= 15 is 0 Å². The van der Waals surface area contributed by atoms with Crippen LogP contribution in [0.25, 0.3) is 0 Å². The molecular formula is C12H14F3NO3. The minimum Gasteiger partial charge on any atom is -0.492 e. The Labute approximate surface area is 108 Å². The molecule has 7 heteroatoms. The second kappa shape index (κ2) is 6.42. The lowest BCUT2D eigenvalue weighted by Gasteiger charge is -2.18. The maximum Gasteiger partial charge on any atom is 0.401 e. The third-order valence-electron chi connectivity index (χ3n) is 2.29. The Morgan fingerprint density at radius 1 is 1.32 bits per heavy atom. The number of carboxylic acid groups (broad SMARTS) is 1. The van der Waals surface area contributed by atoms with Gasteiger partial charge in [-0.15, -0.1) is 0 Å². The maximum absolute atomic E-state index is 12.0. The van der Waals surface area contributed by atoms with Gasteiger partial charge in [-0.25, -0.2) is 4.79 Å². The van der Waals surface area contributed by atoms with Gasteiger partial charge < -0.3 is 9.84 Å². The molecule has 1 aromatic rings. The third kappa shape index (κ3) is 6.10. The molecule has 0 amide bonds. The van der Waals surface area contributed by atoms with Gasteiger partial charge >= 0.3 is 12.1 Å². The minimum absolute atomic E-state index is 0.0962. The number of rotatable bonds is 6. The first-order valence-corrected chi connectivity index (χ1v) is 5.49. The quantitative estimate of drug-likeness (QED) is 0.866. The number of ether oxygens (including phenoxy) is 1. The Morgan fingerprint density at radius 3 is 2.37 bits per heavy atom. The first-order valence-electron chi connectivity index (χ1n) is 5.49. The number of halogens is 3. The van der Waals surface area contributed by atoms with Crippen LogP contribution in [0.15, 0.2) is 24.3 Å². The van der Waals surface area contributed by atoms with Gasteiger partial charge in [-0.3, -0.25) is 4.90 Å². The average Bonchev–Trinajstić information content (AvgIpc) is 2.27. The minimum atomic E-state index is -4.22. The molecule has 0 fully saturated rings. The molecule has 19 heavy (non-hydrogen) atoms. The molecule has 1 aromatic carbocycles. The molecule has 4 nitrogen and oxygen atoms in total. The van der Waals surface area contributed by atoms with Gasteiger partial charge in [0.05, 0.1) is 12.1 Å². The highest BCUT2D eigenvalue weighted by Crippen LogP contribution is 2.16. The topological polar surface area (TPSA) is 49.8 Å². The van der Waals surface area contributed by atoms with E-state index in [1.54, 1.807) is 0 Å². The Bertz CT molecular complexity index is 417. The highest BCUT2D eigenvalue weighted by molar-refractivity contribution is 5.87. The van der Waals surface area contributed by atoms with Crippen molar-refractivity contribution < 1.29 is 27.8 Å². The molecule has 0 bridgehead atoms. The summed E-state index contributed by atoms with van der Waals surface area (Å²) in [7, 11) is 1.35. The first kappa shape index (κ1) is 15.3. The van der Waals surface area contributed by atoms with Crippen LogP contribution in [-0.4, -0.2) is 48.9 Å². The van der Waals surface area contributed by atoms with Crippen LogP contribution >= 0.6 is 0 Å². The number of alkyl halides is 3. The van der Waals surface area contributed by atoms with Crippen LogP contribution in [0.3, 0.4) is 0 Å². The van der Waals surface area contributed by atoms with Gasteiger partial charge in [-0.2, -0.15) is 13.2 Å². The second-order valence-electron chi connectivity index (χ2n) is 4.03. The van der Waals surface area contributed by atoms with Crippen molar-refractivity contribution in [1.29, 1.82) is 0 Å². The number of carboxylic acids is 1. The first-order chi connectivity index (χ1) is 8.78. The number of hydrogen-bond donors (Lipinski definition) is 1. The molecule has 0 aliphatic heterocycles. The summed E-state index contributed by atoms with van der Waals surface area (Å²) in [5.41, 5.74) is 0.126. The van der Waals surface area contributed by atoms with Crippen molar-refractivity contribution in [2.24, 2.45) is 0 Å². The predicted octanol–water partition coefficient (Wildman–Crippen LogP) is 2.26. The van der Waals surface area contributed by atoms with E-state index in [-0.39, 0.29) is 18.7 Å². The molecule has 0 spiro atoms. The summed E-state index contributed by atoms with van der Waals surface area (Å²) < 4.78 is 41.3. The molecule has 0 aromatic heterocycles. The molecule has 0 saturated heterocycles. The van der Waals surface area contributed by atoms with Crippen molar-refractivity contribution in [3.05, 3.63) is 29.8 Å². The van der Waals surface area contributed by atoms with Gasteiger partial charge in [0, 0.05) is 6.54 Å². The van der Waals surface area contributed by atoms with Crippen molar-refractivity contribution in [2.45, 2.75) is 6.18 Å². The summed E-state index contributed by atoms with van der Waals surface area (Å²) in [6.07, 6.45) is -4.22. The number of carbonyl (C=O) groups is 1. The summed E-state index contributed by atoms with van der Waals surface area (Å²) >= 11 is 0. The fourth-order valence-electron chi connectivity index (χ4n) is 1.40. The Morgan fingerprint density at radius 2 is 1.89 bits per heavy atom. The zero-order valence-electron chi connectivity index (χ0n) is 10.3. The molecule has 0 aliphatic rings. The van der Waals surface area contributed by atoms with E-state index in [9.17, 15) is 18.0 Å². The van der Waals surface area contributed by atoms with Gasteiger partial charge in [0.15, 0.2) is 0 Å². The van der Waals surface area contributed by atoms with Crippen molar-refractivity contribution in [3.63, 3.8) is 0 Å². The van der Waals surface area contributed by atoms with Crippen LogP contribution in [0.1, 0.15) is 10.4 Å². The van der Waals surface area contributed by atoms with E-state index in [2.05, 4.69) is 0 Å². The van der Waals surface area contributed by atoms with Crippen LogP contribution in [0, 0.1) is 0 Å². The highest BCUT2D eigenvalue weighted by atomic mass is 19.4. The third-order valence-corrected chi connectivity index (χ3v) is 2.29. The zero-order chi connectivity index (χ0) is 14.5. The fourth-order valence-corrected chi connectivity index (χ4v) is 1.40. The lowest BCUT2D eigenvalue weighted by Crippen LogP contribution is -2.33. The van der Waals surface area contributed by atoms with E-state index in [4.69, 9.17) is 9.84 Å². The lowest BCUT2D eigenvalue weighted by molar-refractivity contribution is -0.143. The molecule has 0 aliphatic carbocycles. The normalized spacial score (nSPS) is 11.6. The van der Waals surface area contributed by atoms with Crippen molar-refractivity contribution >= 4 is 5.97 Å². The van der Waals surface area contributed by atoms with Crippen LogP contribution in [0.5, 0.6) is 5.75 Å². The number of aromatic carboxylic acids is 1. The van der Waals surface area contributed by atoms with Crippen LogP contribution < -0.4 is 4.74 Å². The van der Waals surface area contributed by atoms with Gasteiger partial charge in [0.25, 0.3) is 0 Å². The number of nitrogens with zero attached hydrogens (tertiary/aromatic N) is 1. The molecule has 0 saturated carbocycles. The summed E-state index contributed by atoms with van der Waals surface area (Å²) in [6.45, 7) is -0.770. The zero-order valence-corrected chi connectivity index (χ0v) is 10.3. The summed E-state index contributed by atoms with van der Waals surface area (Å²) in [4.78, 5) is 11.7. The van der Waals surface area contributed by atoms with Crippen LogP contribution in [-0.2, 0) is 0 Å². The Balaban J connectivity index is 2.35. The molecule has 106 valence electrons. The predicted molar refractivity (Wildman–Crippen MR) is 62.4 cm³/mol. The maximum atomic E-state index is 12.0. The molecular weight excluding hydrogens is 263 g/mol. The monoisotopic (exact) mass is 277 g/mol. The van der Waals surface area contributed by atoms with Gasteiger partial charge in [0.1, 0.15) is 12.4 Å². The van der Waals surface area contributed by atoms with E-state index < -0.39 is 18.7 Å². The van der Waals surface area contributed by atoms with Gasteiger partial charge in [-0.05, 0) is 31.3 Å². The Hall–Kier alpha value is -1.76. The standard InChI is InChI=1S/C12H14F3NO3/c1-16(8-12(13,14)15)6-7-19-10-4-2-9(3-5-10)11(17)18/h2-5H,6-8H2,1H3,(H,17,18). The van der Waals surface area contributed by atoms with Crippen LogP contribution in [0.2, 0.25) is 0 Å². The molecule has 1 rings (SSSR count). The Kier molecular flexibility index (Phi) is 5.17. The highest BCUT2D eigenvalue weighted by Gasteiger charge is 2.28. The van der Waals surface area contributed by atoms with Crippen LogP contribution in [0.4, 0.5) is 13.2 Å². The van der Waals surface area contributed by atoms with E-state index in [1.165, 1.54) is 31.3 Å². The molecule has 1 N–H and O–H groups in total. The summed E-state index contributed by atoms with van der Waals surface area (Å²) in [5, 5.41) is 8.68. The van der Waals surface area contributed by atoms with Crippen molar-refractivity contribution in [3.8, 4) is 5.75 Å². The number of likely N-dealkylation sites (N-methyl/N-ethyl adjacent to an activating group) is 1. The molecule has 0 heterocycles. The van der Waals surface area contributed by atoms with E-state index in [1.807, 2.05) is 0 Å². The van der Waals surface area contributed by atoms with E-state index in [0.29, 0.717) is 5.75 Å². The van der Waals surface area contributed by atoms with E-state index in [0.717, 1.165) is 4.90 Å². The summed E-state index contributed by atoms with van der Waals surface area (Å²) in [5.74, 6) is -0.623. The SMILES string of the molecule is CN(CCOc1ccc(C(=O)O)cc1)CC(F)(F)F. The lowest BCUT2D eigenvalue weighted by atomic mass is 10.2. The molecule has 0 atom stereocenters. The fraction of sp³-hybridized carbons (Fsp3) is 0.417. The summed E-state index contributed by atoms with van der Waals surface area (Å²) in [6, 6.07) is 5.68.